The summed E-state index contributed by atoms with van der Waals surface area (Å²) in [6, 6.07) is 9.51. The van der Waals surface area contributed by atoms with E-state index in [1.165, 1.54) is 0 Å². The summed E-state index contributed by atoms with van der Waals surface area (Å²) in [7, 11) is 0. The van der Waals surface area contributed by atoms with Crippen molar-refractivity contribution < 1.29 is 4.74 Å². The summed E-state index contributed by atoms with van der Waals surface area (Å²) in [5, 5.41) is 7.36. The molecule has 0 unspecified atom stereocenters. The Morgan fingerprint density at radius 3 is 2.89 bits per heavy atom. The first kappa shape index (κ1) is 13.5. The number of halogens is 1. The highest BCUT2D eigenvalue weighted by Gasteiger charge is 2.03. The van der Waals surface area contributed by atoms with Gasteiger partial charge < -0.3 is 10.5 Å². The number of nitrogens with zero attached hydrogens (tertiary/aromatic N) is 1. The van der Waals surface area contributed by atoms with Crippen molar-refractivity contribution in [2.24, 2.45) is 5.73 Å². The fourth-order valence-electron chi connectivity index (χ4n) is 1.60. The molecule has 0 atom stereocenters. The summed E-state index contributed by atoms with van der Waals surface area (Å²) in [5.41, 5.74) is 7.88. The Hall–Kier alpha value is -1.88. The molecule has 19 heavy (non-hydrogen) atoms. The molecular formula is C14H14BrN3O. The fourth-order valence-corrected chi connectivity index (χ4v) is 1.94. The number of ether oxygens (including phenoxy) is 1. The zero-order valence-electron chi connectivity index (χ0n) is 10.5. The lowest BCUT2D eigenvalue weighted by atomic mass is 10.2. The van der Waals surface area contributed by atoms with Crippen LogP contribution in [0, 0.1) is 12.3 Å². The Kier molecular flexibility index (Phi) is 4.16. The van der Waals surface area contributed by atoms with Gasteiger partial charge in [-0.1, -0.05) is 22.0 Å². The van der Waals surface area contributed by atoms with Gasteiger partial charge >= 0.3 is 0 Å². The molecule has 98 valence electrons. The average molecular weight is 320 g/mol. The summed E-state index contributed by atoms with van der Waals surface area (Å²) in [6.45, 7) is 2.41. The SMILES string of the molecule is Cc1ccc(Br)cc1OCc1ccnc(C(=N)N)c1. The lowest BCUT2D eigenvalue weighted by molar-refractivity contribution is 0.304. The van der Waals surface area contributed by atoms with Crippen molar-refractivity contribution in [3.63, 3.8) is 0 Å². The highest BCUT2D eigenvalue weighted by atomic mass is 79.9. The predicted molar refractivity (Wildman–Crippen MR) is 78.5 cm³/mol. The van der Waals surface area contributed by atoms with Crippen molar-refractivity contribution in [3.05, 3.63) is 57.8 Å². The van der Waals surface area contributed by atoms with Crippen LogP contribution >= 0.6 is 15.9 Å². The highest BCUT2D eigenvalue weighted by Crippen LogP contribution is 2.23. The van der Waals surface area contributed by atoms with Gasteiger partial charge in [-0.2, -0.15) is 0 Å². The first-order valence-electron chi connectivity index (χ1n) is 5.74. The minimum Gasteiger partial charge on any atom is -0.489 e. The maximum atomic E-state index is 7.36. The molecular weight excluding hydrogens is 306 g/mol. The molecule has 0 bridgehead atoms. The first-order chi connectivity index (χ1) is 9.06. The molecule has 0 amide bonds. The molecule has 0 spiro atoms. The molecule has 1 heterocycles. The number of nitrogens with two attached hydrogens (primary N) is 1. The Morgan fingerprint density at radius 1 is 1.37 bits per heavy atom. The van der Waals surface area contributed by atoms with Gasteiger partial charge in [-0.05, 0) is 42.3 Å². The van der Waals surface area contributed by atoms with E-state index in [0.717, 1.165) is 21.3 Å². The maximum absolute atomic E-state index is 7.36. The first-order valence-corrected chi connectivity index (χ1v) is 6.54. The quantitative estimate of drug-likeness (QED) is 0.672. The number of aromatic nitrogens is 1. The van der Waals surface area contributed by atoms with Crippen LogP contribution < -0.4 is 10.5 Å². The van der Waals surface area contributed by atoms with Crippen molar-refractivity contribution >= 4 is 21.8 Å². The second kappa shape index (κ2) is 5.84. The molecule has 0 aliphatic rings. The number of pyridine rings is 1. The number of nitrogen functional groups attached to an aromatic ring is 1. The Morgan fingerprint density at radius 2 is 2.16 bits per heavy atom. The summed E-state index contributed by atoms with van der Waals surface area (Å²) in [6.07, 6.45) is 1.63. The smallest absolute Gasteiger partial charge is 0.141 e. The molecule has 0 aliphatic heterocycles. The molecule has 0 fully saturated rings. The third-order valence-corrected chi connectivity index (χ3v) is 3.14. The summed E-state index contributed by atoms with van der Waals surface area (Å²) >= 11 is 3.42. The lowest BCUT2D eigenvalue weighted by Crippen LogP contribution is -2.13. The minimum atomic E-state index is -0.0412. The Bertz CT molecular complexity index is 613. The van der Waals surface area contributed by atoms with E-state index in [1.54, 1.807) is 12.3 Å². The van der Waals surface area contributed by atoms with Gasteiger partial charge in [0.05, 0.1) is 0 Å². The molecule has 2 aromatic rings. The normalized spacial score (nSPS) is 10.2. The van der Waals surface area contributed by atoms with E-state index in [-0.39, 0.29) is 5.84 Å². The van der Waals surface area contributed by atoms with Crippen molar-refractivity contribution in [2.45, 2.75) is 13.5 Å². The van der Waals surface area contributed by atoms with Gasteiger partial charge in [0.1, 0.15) is 23.9 Å². The predicted octanol–water partition coefficient (Wildman–Crippen LogP) is 3.02. The zero-order valence-corrected chi connectivity index (χ0v) is 12.1. The molecule has 1 aromatic heterocycles. The van der Waals surface area contributed by atoms with Crippen molar-refractivity contribution in [1.82, 2.24) is 4.98 Å². The van der Waals surface area contributed by atoms with Crippen LogP contribution in [0.3, 0.4) is 0 Å². The minimum absolute atomic E-state index is 0.0412. The number of aryl methyl sites for hydroxylation is 1. The summed E-state index contributed by atoms with van der Waals surface area (Å²) in [5.74, 6) is 0.788. The number of rotatable bonds is 4. The number of nitrogens with one attached hydrogen (secondary N) is 1. The van der Waals surface area contributed by atoms with E-state index in [1.807, 2.05) is 31.2 Å². The van der Waals surface area contributed by atoms with Crippen LogP contribution in [0.5, 0.6) is 5.75 Å². The van der Waals surface area contributed by atoms with E-state index < -0.39 is 0 Å². The lowest BCUT2D eigenvalue weighted by Gasteiger charge is -2.10. The van der Waals surface area contributed by atoms with Crippen LogP contribution in [0.15, 0.2) is 41.0 Å². The van der Waals surface area contributed by atoms with Crippen LogP contribution in [0.4, 0.5) is 0 Å². The van der Waals surface area contributed by atoms with Crippen LogP contribution in [-0.2, 0) is 6.61 Å². The summed E-state index contributed by atoms with van der Waals surface area (Å²) in [4.78, 5) is 4.01. The standard InChI is InChI=1S/C14H14BrN3O/c1-9-2-3-11(15)7-13(9)19-8-10-4-5-18-12(6-10)14(16)17/h2-7H,8H2,1H3,(H3,16,17). The van der Waals surface area contributed by atoms with Gasteiger partial charge in [0.2, 0.25) is 0 Å². The van der Waals surface area contributed by atoms with Crippen LogP contribution in [0.2, 0.25) is 0 Å². The van der Waals surface area contributed by atoms with Crippen molar-refractivity contribution in [2.75, 3.05) is 0 Å². The van der Waals surface area contributed by atoms with E-state index in [0.29, 0.717) is 12.3 Å². The van der Waals surface area contributed by atoms with Gasteiger partial charge in [0, 0.05) is 10.7 Å². The second-order valence-corrected chi connectivity index (χ2v) is 5.08. The van der Waals surface area contributed by atoms with Crippen molar-refractivity contribution in [1.29, 1.82) is 5.41 Å². The topological polar surface area (TPSA) is 72.0 Å². The number of hydrogen-bond donors (Lipinski definition) is 2. The maximum Gasteiger partial charge on any atom is 0.141 e. The molecule has 0 radical (unpaired) electrons. The van der Waals surface area contributed by atoms with Crippen LogP contribution in [0.25, 0.3) is 0 Å². The van der Waals surface area contributed by atoms with E-state index in [9.17, 15) is 0 Å². The Labute approximate surface area is 120 Å². The third kappa shape index (κ3) is 3.54. The molecule has 0 aliphatic carbocycles. The summed E-state index contributed by atoms with van der Waals surface area (Å²) < 4.78 is 6.75. The molecule has 2 rings (SSSR count). The number of amidine groups is 1. The Balaban J connectivity index is 2.12. The fraction of sp³-hybridized carbons (Fsp3) is 0.143. The van der Waals surface area contributed by atoms with Crippen LogP contribution in [-0.4, -0.2) is 10.8 Å². The zero-order chi connectivity index (χ0) is 13.8. The molecule has 4 nitrogen and oxygen atoms in total. The second-order valence-electron chi connectivity index (χ2n) is 4.16. The van der Waals surface area contributed by atoms with E-state index in [4.69, 9.17) is 15.9 Å². The van der Waals surface area contributed by atoms with E-state index >= 15 is 0 Å². The monoisotopic (exact) mass is 319 g/mol. The average Bonchev–Trinajstić information content (AvgIpc) is 2.40. The van der Waals surface area contributed by atoms with Crippen molar-refractivity contribution in [3.8, 4) is 5.75 Å². The molecule has 0 saturated heterocycles. The van der Waals surface area contributed by atoms with Gasteiger partial charge in [-0.25, -0.2) is 0 Å². The van der Waals surface area contributed by atoms with Crippen LogP contribution in [0.1, 0.15) is 16.8 Å². The largest absolute Gasteiger partial charge is 0.489 e. The van der Waals surface area contributed by atoms with Gasteiger partial charge in [-0.3, -0.25) is 10.4 Å². The van der Waals surface area contributed by atoms with Gasteiger partial charge in [-0.15, -0.1) is 0 Å². The molecule has 0 saturated carbocycles. The highest BCUT2D eigenvalue weighted by molar-refractivity contribution is 9.10. The third-order valence-electron chi connectivity index (χ3n) is 2.64. The number of hydrogen-bond acceptors (Lipinski definition) is 3. The molecule has 1 aromatic carbocycles. The van der Waals surface area contributed by atoms with Gasteiger partial charge in [0.15, 0.2) is 0 Å². The molecule has 5 heteroatoms. The van der Waals surface area contributed by atoms with E-state index in [2.05, 4.69) is 20.9 Å². The molecule has 3 N–H and O–H groups in total. The number of benzene rings is 1. The van der Waals surface area contributed by atoms with Gasteiger partial charge in [0.25, 0.3) is 0 Å².